The van der Waals surface area contributed by atoms with Crippen molar-refractivity contribution in [3.8, 4) is 0 Å². The van der Waals surface area contributed by atoms with Crippen LogP contribution in [0.3, 0.4) is 0 Å². The highest BCUT2D eigenvalue weighted by molar-refractivity contribution is 5.94. The molecule has 3 aromatic rings. The van der Waals surface area contributed by atoms with Gasteiger partial charge in [0.15, 0.2) is 0 Å². The first-order valence-electron chi connectivity index (χ1n) is 8.80. The third-order valence-corrected chi connectivity index (χ3v) is 4.70. The highest BCUT2D eigenvalue weighted by atomic mass is 16.2. The van der Waals surface area contributed by atoms with Gasteiger partial charge in [-0.25, -0.2) is 0 Å². The van der Waals surface area contributed by atoms with Gasteiger partial charge < -0.3 is 9.80 Å². The molecule has 6 nitrogen and oxygen atoms in total. The van der Waals surface area contributed by atoms with Gasteiger partial charge in [-0.2, -0.15) is 5.10 Å². The van der Waals surface area contributed by atoms with E-state index in [-0.39, 0.29) is 5.91 Å². The lowest BCUT2D eigenvalue weighted by atomic mass is 10.1. The summed E-state index contributed by atoms with van der Waals surface area (Å²) in [6, 6.07) is 13.8. The van der Waals surface area contributed by atoms with Crippen molar-refractivity contribution < 1.29 is 4.79 Å². The summed E-state index contributed by atoms with van der Waals surface area (Å²) in [4.78, 5) is 21.0. The first-order chi connectivity index (χ1) is 12.8. The number of aromatic nitrogens is 3. The fourth-order valence-electron chi connectivity index (χ4n) is 3.24. The third kappa shape index (κ3) is 3.59. The van der Waals surface area contributed by atoms with Crippen LogP contribution >= 0.6 is 0 Å². The molecule has 3 heterocycles. The number of hydrogen-bond donors (Lipinski definition) is 0. The van der Waals surface area contributed by atoms with E-state index >= 15 is 0 Å². The van der Waals surface area contributed by atoms with Gasteiger partial charge in [-0.15, -0.1) is 0 Å². The Morgan fingerprint density at radius 1 is 0.923 bits per heavy atom. The van der Waals surface area contributed by atoms with Crippen LogP contribution in [-0.4, -0.2) is 51.8 Å². The molecule has 0 radical (unpaired) electrons. The number of benzene rings is 1. The molecule has 0 spiro atoms. The quantitative estimate of drug-likeness (QED) is 0.727. The molecule has 1 aromatic carbocycles. The summed E-state index contributed by atoms with van der Waals surface area (Å²) in [6.45, 7) is 3.86. The molecule has 1 fully saturated rings. The van der Waals surface area contributed by atoms with Crippen LogP contribution in [-0.2, 0) is 6.54 Å². The van der Waals surface area contributed by atoms with Crippen LogP contribution in [0.4, 0.5) is 5.69 Å². The molecular weight excluding hydrogens is 326 g/mol. The van der Waals surface area contributed by atoms with Gasteiger partial charge in [0, 0.05) is 62.2 Å². The van der Waals surface area contributed by atoms with E-state index in [0.717, 1.165) is 43.0 Å². The van der Waals surface area contributed by atoms with Crippen molar-refractivity contribution in [1.29, 1.82) is 0 Å². The van der Waals surface area contributed by atoms with Crippen LogP contribution in [0.1, 0.15) is 15.9 Å². The first kappa shape index (κ1) is 16.3. The Bertz CT molecular complexity index is 838. The SMILES string of the molecule is O=C(c1ccc(Cn2cccn2)cc1)N1CCN(c2ccncc2)CC1. The second kappa shape index (κ2) is 7.39. The summed E-state index contributed by atoms with van der Waals surface area (Å²) in [5, 5.41) is 4.21. The van der Waals surface area contributed by atoms with Crippen LogP contribution in [0.2, 0.25) is 0 Å². The zero-order valence-electron chi connectivity index (χ0n) is 14.5. The van der Waals surface area contributed by atoms with Crippen molar-refractivity contribution in [1.82, 2.24) is 19.7 Å². The lowest BCUT2D eigenvalue weighted by molar-refractivity contribution is 0.0747. The van der Waals surface area contributed by atoms with Crippen LogP contribution < -0.4 is 4.90 Å². The van der Waals surface area contributed by atoms with Gasteiger partial charge in [-0.3, -0.25) is 14.5 Å². The van der Waals surface area contributed by atoms with Crippen LogP contribution in [0.15, 0.2) is 67.3 Å². The molecular formula is C20H21N5O. The largest absolute Gasteiger partial charge is 0.368 e. The molecule has 0 bridgehead atoms. The van der Waals surface area contributed by atoms with Gasteiger partial charge in [0.05, 0.1) is 6.54 Å². The number of pyridine rings is 1. The Balaban J connectivity index is 1.36. The number of nitrogens with zero attached hydrogens (tertiary/aromatic N) is 5. The predicted molar refractivity (Wildman–Crippen MR) is 100 cm³/mol. The van der Waals surface area contributed by atoms with Gasteiger partial charge in [0.25, 0.3) is 5.91 Å². The second-order valence-corrected chi connectivity index (χ2v) is 6.39. The molecule has 0 atom stereocenters. The van der Waals surface area contributed by atoms with Crippen molar-refractivity contribution in [3.63, 3.8) is 0 Å². The molecule has 0 aliphatic carbocycles. The standard InChI is InChI=1S/C20H21N5O/c26-20(18-4-2-17(3-5-18)16-25-11-1-8-22-25)24-14-12-23(13-15-24)19-6-9-21-10-7-19/h1-11H,12-16H2. The minimum Gasteiger partial charge on any atom is -0.368 e. The van der Waals surface area contributed by atoms with E-state index in [9.17, 15) is 4.79 Å². The highest BCUT2D eigenvalue weighted by Crippen LogP contribution is 2.16. The van der Waals surface area contributed by atoms with Gasteiger partial charge >= 0.3 is 0 Å². The van der Waals surface area contributed by atoms with E-state index < -0.39 is 0 Å². The minimum absolute atomic E-state index is 0.102. The zero-order valence-corrected chi connectivity index (χ0v) is 14.5. The fraction of sp³-hybridized carbons (Fsp3) is 0.250. The molecule has 2 aromatic heterocycles. The highest BCUT2D eigenvalue weighted by Gasteiger charge is 2.22. The Morgan fingerprint density at radius 3 is 2.31 bits per heavy atom. The predicted octanol–water partition coefficient (Wildman–Crippen LogP) is 2.29. The molecule has 1 aliphatic heterocycles. The molecule has 132 valence electrons. The Kier molecular flexibility index (Phi) is 4.64. The summed E-state index contributed by atoms with van der Waals surface area (Å²) >= 11 is 0. The van der Waals surface area contributed by atoms with Crippen LogP contribution in [0.5, 0.6) is 0 Å². The fourth-order valence-corrected chi connectivity index (χ4v) is 3.24. The van der Waals surface area contributed by atoms with Gasteiger partial charge in [-0.1, -0.05) is 12.1 Å². The summed E-state index contributed by atoms with van der Waals surface area (Å²) in [6.07, 6.45) is 7.31. The summed E-state index contributed by atoms with van der Waals surface area (Å²) in [5.74, 6) is 0.102. The van der Waals surface area contributed by atoms with Crippen molar-refractivity contribution in [2.24, 2.45) is 0 Å². The lowest BCUT2D eigenvalue weighted by Crippen LogP contribution is -2.48. The van der Waals surface area contributed by atoms with Gasteiger partial charge in [0.1, 0.15) is 0 Å². The molecule has 1 saturated heterocycles. The van der Waals surface area contributed by atoms with Gasteiger partial charge in [0.2, 0.25) is 0 Å². The van der Waals surface area contributed by atoms with Crippen molar-refractivity contribution in [2.45, 2.75) is 6.54 Å². The molecule has 1 aliphatic rings. The summed E-state index contributed by atoms with van der Waals surface area (Å²) < 4.78 is 1.87. The average Bonchev–Trinajstić information content (AvgIpc) is 3.22. The normalized spacial score (nSPS) is 14.5. The van der Waals surface area contributed by atoms with Crippen LogP contribution in [0, 0.1) is 0 Å². The first-order valence-corrected chi connectivity index (χ1v) is 8.80. The summed E-state index contributed by atoms with van der Waals surface area (Å²) in [7, 11) is 0. The Labute approximate surface area is 152 Å². The lowest BCUT2D eigenvalue weighted by Gasteiger charge is -2.36. The number of carbonyl (C=O) groups is 1. The third-order valence-electron chi connectivity index (χ3n) is 4.70. The van der Waals surface area contributed by atoms with Crippen molar-refractivity contribution in [2.75, 3.05) is 31.1 Å². The maximum Gasteiger partial charge on any atom is 0.253 e. The van der Waals surface area contributed by atoms with Crippen molar-refractivity contribution in [3.05, 3.63) is 78.4 Å². The molecule has 0 unspecified atom stereocenters. The van der Waals surface area contributed by atoms with Gasteiger partial charge in [-0.05, 0) is 35.9 Å². The molecule has 6 heteroatoms. The molecule has 26 heavy (non-hydrogen) atoms. The molecule has 0 saturated carbocycles. The van der Waals surface area contributed by atoms with E-state index in [0.29, 0.717) is 6.54 Å². The van der Waals surface area contributed by atoms with E-state index in [1.807, 2.05) is 58.2 Å². The van der Waals surface area contributed by atoms with E-state index in [2.05, 4.69) is 15.0 Å². The topological polar surface area (TPSA) is 54.3 Å². The van der Waals surface area contributed by atoms with Crippen molar-refractivity contribution >= 4 is 11.6 Å². The Hall–Kier alpha value is -3.15. The number of rotatable bonds is 4. The Morgan fingerprint density at radius 2 is 1.65 bits per heavy atom. The number of carbonyl (C=O) groups excluding carboxylic acids is 1. The molecule has 1 amide bonds. The minimum atomic E-state index is 0.102. The maximum atomic E-state index is 12.8. The van der Waals surface area contributed by atoms with E-state index in [4.69, 9.17) is 0 Å². The average molecular weight is 347 g/mol. The van der Waals surface area contributed by atoms with E-state index in [1.54, 1.807) is 18.6 Å². The summed E-state index contributed by atoms with van der Waals surface area (Å²) in [5.41, 5.74) is 3.04. The smallest absolute Gasteiger partial charge is 0.253 e. The number of amides is 1. The number of piperazine rings is 1. The maximum absolute atomic E-state index is 12.8. The number of anilines is 1. The monoisotopic (exact) mass is 347 g/mol. The molecule has 0 N–H and O–H groups in total. The molecule has 4 rings (SSSR count). The second-order valence-electron chi connectivity index (χ2n) is 6.39. The number of hydrogen-bond acceptors (Lipinski definition) is 4. The van der Waals surface area contributed by atoms with Crippen LogP contribution in [0.25, 0.3) is 0 Å². The van der Waals surface area contributed by atoms with E-state index in [1.165, 1.54) is 0 Å². The zero-order chi connectivity index (χ0) is 17.8.